The lowest BCUT2D eigenvalue weighted by Crippen LogP contribution is -2.47. The van der Waals surface area contributed by atoms with Crippen LogP contribution in [0.15, 0.2) is 16.7 Å². The molecule has 2 saturated heterocycles. The molecule has 2 aliphatic heterocycles. The summed E-state index contributed by atoms with van der Waals surface area (Å²) in [4.78, 5) is 26.9. The highest BCUT2D eigenvalue weighted by Gasteiger charge is 2.28. The average molecular weight is 361 g/mol. The standard InChI is InChI=1S/C20H31N3O3/c1-14(16-4-3-8-21-13-16)12-19(24)23-9-5-17(6-10-23)22-20(25)18-7-11-26-15(18)2/h7,11,14,16-17,21H,3-6,8-10,12-13H2,1-2H3,(H,22,25). The number of amides is 2. The number of piperidine rings is 2. The Hall–Kier alpha value is -1.82. The Morgan fingerprint density at radius 2 is 2.12 bits per heavy atom. The molecule has 2 amide bonds. The van der Waals surface area contributed by atoms with Gasteiger partial charge in [-0.2, -0.15) is 0 Å². The molecule has 0 bridgehead atoms. The Kier molecular flexibility index (Phi) is 6.35. The van der Waals surface area contributed by atoms with E-state index in [9.17, 15) is 9.59 Å². The van der Waals surface area contributed by atoms with Crippen molar-refractivity contribution >= 4 is 11.8 Å². The van der Waals surface area contributed by atoms with Crippen molar-refractivity contribution < 1.29 is 14.0 Å². The Bertz CT molecular complexity index is 614. The van der Waals surface area contributed by atoms with Gasteiger partial charge in [-0.1, -0.05) is 6.92 Å². The summed E-state index contributed by atoms with van der Waals surface area (Å²) in [7, 11) is 0. The lowest BCUT2D eigenvalue weighted by atomic mass is 9.85. The summed E-state index contributed by atoms with van der Waals surface area (Å²) in [6, 6.07) is 1.82. The van der Waals surface area contributed by atoms with Crippen LogP contribution in [-0.2, 0) is 4.79 Å². The van der Waals surface area contributed by atoms with E-state index >= 15 is 0 Å². The number of carbonyl (C=O) groups excluding carboxylic acids is 2. The van der Waals surface area contributed by atoms with Crippen molar-refractivity contribution in [3.05, 3.63) is 23.7 Å². The molecule has 0 radical (unpaired) electrons. The third kappa shape index (κ3) is 4.67. The molecule has 1 aromatic rings. The molecule has 1 aromatic heterocycles. The summed E-state index contributed by atoms with van der Waals surface area (Å²) in [5, 5.41) is 6.51. The first-order chi connectivity index (χ1) is 12.5. The van der Waals surface area contributed by atoms with E-state index in [-0.39, 0.29) is 17.9 Å². The number of hydrogen-bond acceptors (Lipinski definition) is 4. The van der Waals surface area contributed by atoms with Crippen molar-refractivity contribution in [2.24, 2.45) is 11.8 Å². The average Bonchev–Trinajstić information content (AvgIpc) is 3.09. The van der Waals surface area contributed by atoms with E-state index < -0.39 is 0 Å². The van der Waals surface area contributed by atoms with Gasteiger partial charge in [0.1, 0.15) is 5.76 Å². The zero-order chi connectivity index (χ0) is 18.5. The molecule has 6 nitrogen and oxygen atoms in total. The van der Waals surface area contributed by atoms with Crippen LogP contribution in [0.5, 0.6) is 0 Å². The van der Waals surface area contributed by atoms with Crippen LogP contribution in [0.1, 0.15) is 55.1 Å². The maximum absolute atomic E-state index is 12.6. The number of aryl methyl sites for hydroxylation is 1. The van der Waals surface area contributed by atoms with Gasteiger partial charge in [-0.05, 0) is 63.6 Å². The SMILES string of the molecule is Cc1occc1C(=O)NC1CCN(C(=O)CC(C)C2CCCNC2)CC1. The molecule has 2 aliphatic rings. The minimum Gasteiger partial charge on any atom is -0.469 e. The minimum absolute atomic E-state index is 0.0838. The molecule has 0 spiro atoms. The van der Waals surface area contributed by atoms with Gasteiger partial charge >= 0.3 is 0 Å². The van der Waals surface area contributed by atoms with Gasteiger partial charge in [-0.25, -0.2) is 0 Å². The summed E-state index contributed by atoms with van der Waals surface area (Å²) in [5.74, 6) is 1.86. The van der Waals surface area contributed by atoms with Gasteiger partial charge in [0.05, 0.1) is 11.8 Å². The maximum Gasteiger partial charge on any atom is 0.255 e. The monoisotopic (exact) mass is 361 g/mol. The summed E-state index contributed by atoms with van der Waals surface area (Å²) in [6.45, 7) is 7.59. The van der Waals surface area contributed by atoms with Crippen LogP contribution in [0, 0.1) is 18.8 Å². The number of likely N-dealkylation sites (tertiary alicyclic amines) is 1. The lowest BCUT2D eigenvalue weighted by Gasteiger charge is -2.34. The molecule has 0 aliphatic carbocycles. The van der Waals surface area contributed by atoms with Crippen LogP contribution >= 0.6 is 0 Å². The molecule has 6 heteroatoms. The number of carbonyl (C=O) groups is 2. The van der Waals surface area contributed by atoms with Crippen molar-refractivity contribution in [1.82, 2.24) is 15.5 Å². The first-order valence-electron chi connectivity index (χ1n) is 9.88. The number of rotatable bonds is 5. The van der Waals surface area contributed by atoms with Crippen LogP contribution in [0.25, 0.3) is 0 Å². The molecule has 2 N–H and O–H groups in total. The number of nitrogens with one attached hydrogen (secondary N) is 2. The summed E-state index contributed by atoms with van der Waals surface area (Å²) < 4.78 is 5.19. The molecule has 3 rings (SSSR count). The molecule has 0 aromatic carbocycles. The molecule has 2 fully saturated rings. The Morgan fingerprint density at radius 3 is 2.73 bits per heavy atom. The molecule has 3 heterocycles. The van der Waals surface area contributed by atoms with Crippen LogP contribution in [0.3, 0.4) is 0 Å². The first-order valence-corrected chi connectivity index (χ1v) is 9.88. The van der Waals surface area contributed by atoms with Crippen LogP contribution < -0.4 is 10.6 Å². The van der Waals surface area contributed by atoms with Crippen LogP contribution in [0.2, 0.25) is 0 Å². The third-order valence-electron chi connectivity index (χ3n) is 5.92. The summed E-state index contributed by atoms with van der Waals surface area (Å²) in [6.07, 6.45) is 6.24. The predicted molar refractivity (Wildman–Crippen MR) is 99.9 cm³/mol. The fourth-order valence-corrected chi connectivity index (χ4v) is 4.09. The topological polar surface area (TPSA) is 74.6 Å². The predicted octanol–water partition coefficient (Wildman–Crippen LogP) is 2.33. The van der Waals surface area contributed by atoms with Crippen LogP contribution in [0.4, 0.5) is 0 Å². The van der Waals surface area contributed by atoms with Gasteiger partial charge in [0.2, 0.25) is 5.91 Å². The maximum atomic E-state index is 12.6. The molecule has 144 valence electrons. The normalized spacial score (nSPS) is 22.8. The fourth-order valence-electron chi connectivity index (χ4n) is 4.09. The molecule has 2 unspecified atom stereocenters. The van der Waals surface area contributed by atoms with E-state index in [1.54, 1.807) is 13.0 Å². The largest absolute Gasteiger partial charge is 0.469 e. The summed E-state index contributed by atoms with van der Waals surface area (Å²) in [5.41, 5.74) is 0.596. The van der Waals surface area contributed by atoms with E-state index in [1.807, 2.05) is 4.90 Å². The lowest BCUT2D eigenvalue weighted by molar-refractivity contribution is -0.133. The zero-order valence-electron chi connectivity index (χ0n) is 15.9. The first kappa shape index (κ1) is 19.0. The number of nitrogens with zero attached hydrogens (tertiary/aromatic N) is 1. The molecule has 26 heavy (non-hydrogen) atoms. The van der Waals surface area contributed by atoms with Gasteiger partial charge in [0.25, 0.3) is 5.91 Å². The third-order valence-corrected chi connectivity index (χ3v) is 5.92. The van der Waals surface area contributed by atoms with Crippen LogP contribution in [-0.4, -0.2) is 48.9 Å². The van der Waals surface area contributed by atoms with Crippen molar-refractivity contribution in [1.29, 1.82) is 0 Å². The second-order valence-corrected chi connectivity index (χ2v) is 7.81. The smallest absolute Gasteiger partial charge is 0.255 e. The second kappa shape index (κ2) is 8.71. The fraction of sp³-hybridized carbons (Fsp3) is 0.700. The minimum atomic E-state index is -0.0838. The van der Waals surface area contributed by atoms with Crippen molar-refractivity contribution in [2.45, 2.75) is 52.0 Å². The number of furan rings is 1. The van der Waals surface area contributed by atoms with Crippen molar-refractivity contribution in [2.75, 3.05) is 26.2 Å². The zero-order valence-corrected chi connectivity index (χ0v) is 15.9. The Morgan fingerprint density at radius 1 is 1.35 bits per heavy atom. The van der Waals surface area contributed by atoms with E-state index in [2.05, 4.69) is 17.6 Å². The van der Waals surface area contributed by atoms with E-state index in [0.29, 0.717) is 29.6 Å². The quantitative estimate of drug-likeness (QED) is 0.844. The Labute approximate surface area is 155 Å². The van der Waals surface area contributed by atoms with Gasteiger partial charge in [0.15, 0.2) is 0 Å². The van der Waals surface area contributed by atoms with Gasteiger partial charge in [0, 0.05) is 25.6 Å². The second-order valence-electron chi connectivity index (χ2n) is 7.81. The molecular formula is C20H31N3O3. The van der Waals surface area contributed by atoms with E-state index in [0.717, 1.165) is 39.0 Å². The number of hydrogen-bond donors (Lipinski definition) is 2. The van der Waals surface area contributed by atoms with Gasteiger partial charge in [-0.3, -0.25) is 9.59 Å². The summed E-state index contributed by atoms with van der Waals surface area (Å²) >= 11 is 0. The van der Waals surface area contributed by atoms with Crippen molar-refractivity contribution in [3.63, 3.8) is 0 Å². The molecule has 2 atom stereocenters. The van der Waals surface area contributed by atoms with Gasteiger partial charge < -0.3 is 20.0 Å². The highest BCUT2D eigenvalue weighted by molar-refractivity contribution is 5.95. The highest BCUT2D eigenvalue weighted by atomic mass is 16.3. The van der Waals surface area contributed by atoms with Gasteiger partial charge in [-0.15, -0.1) is 0 Å². The van der Waals surface area contributed by atoms with E-state index in [1.165, 1.54) is 19.1 Å². The molecular weight excluding hydrogens is 330 g/mol. The molecule has 0 saturated carbocycles. The van der Waals surface area contributed by atoms with E-state index in [4.69, 9.17) is 4.42 Å². The Balaban J connectivity index is 1.42. The van der Waals surface area contributed by atoms with Crippen molar-refractivity contribution in [3.8, 4) is 0 Å². The highest BCUT2D eigenvalue weighted by Crippen LogP contribution is 2.24.